The molecule has 0 spiro atoms. The summed E-state index contributed by atoms with van der Waals surface area (Å²) in [5.74, 6) is 0. The predicted molar refractivity (Wildman–Crippen MR) is 41.2 cm³/mol. The van der Waals surface area contributed by atoms with Crippen LogP contribution in [0.1, 0.15) is 5.69 Å². The van der Waals surface area contributed by atoms with Gasteiger partial charge in [-0.1, -0.05) is 0 Å². The lowest BCUT2D eigenvalue weighted by molar-refractivity contribution is 0.597. The van der Waals surface area contributed by atoms with Crippen molar-refractivity contribution >= 4 is 10.0 Å². The smallest absolute Gasteiger partial charge is 0.206 e. The van der Waals surface area contributed by atoms with Crippen LogP contribution in [-0.2, 0) is 10.0 Å². The summed E-state index contributed by atoms with van der Waals surface area (Å²) in [6.07, 6.45) is 2.61. The molecule has 6 heteroatoms. The minimum atomic E-state index is -3.21. The third-order valence-electron chi connectivity index (χ3n) is 0.982. The Kier molecular flexibility index (Phi) is 1.86. The molecule has 0 radical (unpaired) electrons. The van der Waals surface area contributed by atoms with Crippen LogP contribution in [0.5, 0.6) is 0 Å². The van der Waals surface area contributed by atoms with Gasteiger partial charge in [-0.05, 0) is 13.0 Å². The van der Waals surface area contributed by atoms with Crippen LogP contribution >= 0.6 is 0 Å². The van der Waals surface area contributed by atoms with Crippen LogP contribution in [0.2, 0.25) is 0 Å². The van der Waals surface area contributed by atoms with Crippen molar-refractivity contribution in [2.75, 3.05) is 11.1 Å². The van der Waals surface area contributed by atoms with Crippen LogP contribution in [0, 0.1) is 6.92 Å². The fourth-order valence-corrected chi connectivity index (χ4v) is 1.08. The van der Waals surface area contributed by atoms with Gasteiger partial charge in [0.25, 0.3) is 0 Å². The SMILES string of the molecule is Cc1ccn(NS(C)(=O)=O)n1. The summed E-state index contributed by atoms with van der Waals surface area (Å²) in [5.41, 5.74) is 0.765. The molecule has 1 aromatic rings. The van der Waals surface area contributed by atoms with Gasteiger partial charge in [-0.25, -0.2) is 13.2 Å². The monoisotopic (exact) mass is 175 g/mol. The van der Waals surface area contributed by atoms with Gasteiger partial charge in [0, 0.05) is 6.20 Å². The molecule has 1 aromatic heterocycles. The Labute approximate surface area is 65.0 Å². The van der Waals surface area contributed by atoms with Crippen molar-refractivity contribution in [2.24, 2.45) is 0 Å². The summed E-state index contributed by atoms with van der Waals surface area (Å²) in [4.78, 5) is 3.34. The zero-order chi connectivity index (χ0) is 8.48. The molecule has 0 aromatic carbocycles. The Morgan fingerprint density at radius 3 is 2.64 bits per heavy atom. The zero-order valence-electron chi connectivity index (χ0n) is 6.27. The largest absolute Gasteiger partial charge is 0.244 e. The van der Waals surface area contributed by atoms with Crippen LogP contribution in [-0.4, -0.2) is 24.6 Å². The highest BCUT2D eigenvalue weighted by Crippen LogP contribution is 1.90. The van der Waals surface area contributed by atoms with Gasteiger partial charge in [-0.15, -0.1) is 0 Å². The van der Waals surface area contributed by atoms with E-state index in [2.05, 4.69) is 9.93 Å². The van der Waals surface area contributed by atoms with Crippen LogP contribution in [0.3, 0.4) is 0 Å². The maximum atomic E-state index is 10.6. The Hall–Kier alpha value is -1.04. The van der Waals surface area contributed by atoms with E-state index in [9.17, 15) is 8.42 Å². The van der Waals surface area contributed by atoms with Crippen molar-refractivity contribution in [1.29, 1.82) is 0 Å². The molecule has 0 amide bonds. The van der Waals surface area contributed by atoms with Gasteiger partial charge < -0.3 is 0 Å². The van der Waals surface area contributed by atoms with Crippen LogP contribution in [0.15, 0.2) is 12.3 Å². The number of hydrogen-bond acceptors (Lipinski definition) is 3. The fourth-order valence-electron chi connectivity index (χ4n) is 0.636. The summed E-state index contributed by atoms with van der Waals surface area (Å²) >= 11 is 0. The van der Waals surface area contributed by atoms with E-state index in [1.54, 1.807) is 13.0 Å². The Balaban J connectivity index is 2.81. The summed E-state index contributed by atoms with van der Waals surface area (Å²) in [6, 6.07) is 1.71. The van der Waals surface area contributed by atoms with Crippen molar-refractivity contribution in [3.63, 3.8) is 0 Å². The molecular weight excluding hydrogens is 166 g/mol. The van der Waals surface area contributed by atoms with Crippen molar-refractivity contribution < 1.29 is 8.42 Å². The molecule has 1 rings (SSSR count). The number of rotatable bonds is 2. The fraction of sp³-hybridized carbons (Fsp3) is 0.400. The average molecular weight is 175 g/mol. The molecule has 0 atom stereocenters. The topological polar surface area (TPSA) is 64.0 Å². The molecule has 0 saturated heterocycles. The molecule has 0 unspecified atom stereocenters. The quantitative estimate of drug-likeness (QED) is 0.671. The van der Waals surface area contributed by atoms with Gasteiger partial charge in [0.15, 0.2) is 0 Å². The van der Waals surface area contributed by atoms with E-state index in [1.807, 2.05) is 0 Å². The molecule has 62 valence electrons. The lowest BCUT2D eigenvalue weighted by Gasteiger charge is -2.00. The third kappa shape index (κ3) is 2.58. The first-order chi connectivity index (χ1) is 4.97. The molecule has 11 heavy (non-hydrogen) atoms. The van der Waals surface area contributed by atoms with Gasteiger partial charge in [0.1, 0.15) is 0 Å². The Morgan fingerprint density at radius 2 is 2.27 bits per heavy atom. The van der Waals surface area contributed by atoms with Crippen LogP contribution < -0.4 is 4.83 Å². The Morgan fingerprint density at radius 1 is 1.64 bits per heavy atom. The first kappa shape index (κ1) is 8.06. The lowest BCUT2D eigenvalue weighted by atomic mass is 10.5. The van der Waals surface area contributed by atoms with E-state index in [1.165, 1.54) is 6.20 Å². The van der Waals surface area contributed by atoms with Crippen molar-refractivity contribution in [3.8, 4) is 0 Å². The predicted octanol–water partition coefficient (Wildman–Crippen LogP) is -0.305. The summed E-state index contributed by atoms with van der Waals surface area (Å²) in [5, 5.41) is 3.82. The zero-order valence-corrected chi connectivity index (χ0v) is 7.09. The highest BCUT2D eigenvalue weighted by molar-refractivity contribution is 7.91. The van der Waals surface area contributed by atoms with Crippen molar-refractivity contribution in [3.05, 3.63) is 18.0 Å². The molecule has 0 aliphatic heterocycles. The highest BCUT2D eigenvalue weighted by atomic mass is 32.2. The second-order valence-corrected chi connectivity index (χ2v) is 3.99. The van der Waals surface area contributed by atoms with E-state index in [0.717, 1.165) is 16.7 Å². The summed E-state index contributed by atoms with van der Waals surface area (Å²) < 4.78 is 21.3. The molecule has 0 saturated carbocycles. The van der Waals surface area contributed by atoms with E-state index >= 15 is 0 Å². The molecule has 0 aliphatic carbocycles. The number of hydrogen-bond donors (Lipinski definition) is 1. The average Bonchev–Trinajstić information content (AvgIpc) is 2.10. The van der Waals surface area contributed by atoms with Crippen molar-refractivity contribution in [1.82, 2.24) is 9.89 Å². The molecule has 0 bridgehead atoms. The second-order valence-electron chi connectivity index (χ2n) is 2.27. The second kappa shape index (κ2) is 2.54. The first-order valence-electron chi connectivity index (χ1n) is 2.97. The van der Waals surface area contributed by atoms with Gasteiger partial charge in [-0.3, -0.25) is 0 Å². The number of aryl methyl sites for hydroxylation is 1. The van der Waals surface area contributed by atoms with Gasteiger partial charge in [0.2, 0.25) is 10.0 Å². The first-order valence-corrected chi connectivity index (χ1v) is 4.86. The third-order valence-corrected chi connectivity index (χ3v) is 1.50. The molecule has 1 heterocycles. The molecule has 1 N–H and O–H groups in total. The summed E-state index contributed by atoms with van der Waals surface area (Å²) in [6.45, 7) is 1.78. The van der Waals surface area contributed by atoms with Gasteiger partial charge in [-0.2, -0.15) is 9.89 Å². The molecular formula is C5H9N3O2S. The number of aromatic nitrogens is 2. The summed E-state index contributed by atoms with van der Waals surface area (Å²) in [7, 11) is -3.21. The maximum absolute atomic E-state index is 10.6. The van der Waals surface area contributed by atoms with E-state index in [-0.39, 0.29) is 0 Å². The van der Waals surface area contributed by atoms with E-state index in [0.29, 0.717) is 0 Å². The van der Waals surface area contributed by atoms with Crippen LogP contribution in [0.25, 0.3) is 0 Å². The lowest BCUT2D eigenvalue weighted by Crippen LogP contribution is -2.21. The molecule has 0 fully saturated rings. The minimum Gasteiger partial charge on any atom is -0.206 e. The minimum absolute atomic E-state index is 0.765. The van der Waals surface area contributed by atoms with Crippen molar-refractivity contribution in [2.45, 2.75) is 6.92 Å². The number of sulfonamides is 1. The maximum Gasteiger partial charge on any atom is 0.244 e. The van der Waals surface area contributed by atoms with Gasteiger partial charge >= 0.3 is 0 Å². The number of nitrogens with one attached hydrogen (secondary N) is 1. The van der Waals surface area contributed by atoms with Gasteiger partial charge in [0.05, 0.1) is 11.9 Å². The normalized spacial score (nSPS) is 11.5. The Bertz CT molecular complexity index is 340. The molecule has 5 nitrogen and oxygen atoms in total. The standard InChI is InChI=1S/C5H9N3O2S/c1-5-3-4-8(6-5)7-11(2,9)10/h3-4,7H,1-2H3. The van der Waals surface area contributed by atoms with E-state index in [4.69, 9.17) is 0 Å². The number of nitrogens with zero attached hydrogens (tertiary/aromatic N) is 2. The van der Waals surface area contributed by atoms with E-state index < -0.39 is 10.0 Å². The van der Waals surface area contributed by atoms with Crippen LogP contribution in [0.4, 0.5) is 0 Å². The molecule has 0 aliphatic rings. The highest BCUT2D eigenvalue weighted by Gasteiger charge is 1.99.